The van der Waals surface area contributed by atoms with Gasteiger partial charge in [-0.2, -0.15) is 0 Å². The lowest BCUT2D eigenvalue weighted by Crippen LogP contribution is -2.46. The van der Waals surface area contributed by atoms with Gasteiger partial charge in [0.15, 0.2) is 5.82 Å². The zero-order chi connectivity index (χ0) is 40.8. The van der Waals surface area contributed by atoms with E-state index in [9.17, 15) is 18.5 Å². The topological polar surface area (TPSA) is 146 Å². The summed E-state index contributed by atoms with van der Waals surface area (Å²) in [5, 5.41) is 20.5. The molecule has 1 aliphatic carbocycles. The number of benzene rings is 5. The maximum atomic E-state index is 13.8. The number of nitrogens with zero attached hydrogens (tertiary/aromatic N) is 5. The van der Waals surface area contributed by atoms with E-state index in [1.165, 1.54) is 42.4 Å². The third-order valence-corrected chi connectivity index (χ3v) is 13.5. The summed E-state index contributed by atoms with van der Waals surface area (Å²) < 4.78 is 30.1. The minimum absolute atomic E-state index is 0.0942. The Morgan fingerprint density at radius 1 is 0.881 bits per heavy atom. The molecule has 0 unspecified atom stereocenters. The summed E-state index contributed by atoms with van der Waals surface area (Å²) >= 11 is 7.81. The first-order valence-electron chi connectivity index (χ1n) is 19.7. The van der Waals surface area contributed by atoms with E-state index < -0.39 is 14.9 Å². The molecular weight excluding hydrogens is 804 g/mol. The van der Waals surface area contributed by atoms with Gasteiger partial charge in [-0.1, -0.05) is 66.2 Å². The van der Waals surface area contributed by atoms with Gasteiger partial charge in [0.25, 0.3) is 15.7 Å². The maximum Gasteiger partial charge on any atom is 0.293 e. The molecule has 6 aromatic rings. The third-order valence-electron chi connectivity index (χ3n) is 10.7. The molecule has 5 aromatic carbocycles. The van der Waals surface area contributed by atoms with Gasteiger partial charge >= 0.3 is 0 Å². The predicted octanol–water partition coefficient (Wildman–Crippen LogP) is 8.70. The number of fused-ring (bicyclic) bond motifs is 1. The highest BCUT2D eigenvalue weighted by molar-refractivity contribution is 7.99. The van der Waals surface area contributed by atoms with Crippen LogP contribution >= 0.6 is 23.4 Å². The lowest BCUT2D eigenvalue weighted by Gasteiger charge is -2.36. The van der Waals surface area contributed by atoms with Crippen molar-refractivity contribution in [3.05, 3.63) is 142 Å². The third kappa shape index (κ3) is 10.3. The first-order valence-corrected chi connectivity index (χ1v) is 22.6. The van der Waals surface area contributed by atoms with Crippen LogP contribution in [0.4, 0.5) is 22.9 Å². The van der Waals surface area contributed by atoms with E-state index in [2.05, 4.69) is 71.5 Å². The van der Waals surface area contributed by atoms with Crippen LogP contribution in [0.5, 0.6) is 0 Å². The van der Waals surface area contributed by atoms with Crippen LogP contribution in [0.2, 0.25) is 5.02 Å². The average molecular weight is 849 g/mol. The number of hydrogen-bond donors (Lipinski definition) is 3. The number of nitrogens with one attached hydrogen (secondary N) is 3. The van der Waals surface area contributed by atoms with E-state index in [0.717, 1.165) is 67.9 Å². The van der Waals surface area contributed by atoms with Crippen LogP contribution < -0.4 is 20.3 Å². The van der Waals surface area contributed by atoms with Gasteiger partial charge in [-0.25, -0.2) is 18.4 Å². The fourth-order valence-corrected chi connectivity index (χ4v) is 9.48. The smallest absolute Gasteiger partial charge is 0.293 e. The SMILES string of the molecule is O=[N+]([O-])c1cc(S(=O)(=O)Nc2ncnc3cc(N4CCN(Cc5ccccc5-c5ccc(Cl)cc5)CC4)ccc23)ccc1N[C@H](CCNC1CC1)CSc1ccccc1. The van der Waals surface area contributed by atoms with Crippen molar-refractivity contribution in [2.24, 2.45) is 0 Å². The highest BCUT2D eigenvalue weighted by atomic mass is 35.5. The first kappa shape index (κ1) is 40.5. The van der Waals surface area contributed by atoms with Crippen LogP contribution in [0.25, 0.3) is 22.0 Å². The van der Waals surface area contributed by atoms with Crippen molar-refractivity contribution in [2.75, 3.05) is 53.4 Å². The molecule has 12 nitrogen and oxygen atoms in total. The molecule has 1 atom stereocenters. The van der Waals surface area contributed by atoms with Crippen LogP contribution in [0, 0.1) is 10.1 Å². The summed E-state index contributed by atoms with van der Waals surface area (Å²) in [6.07, 6.45) is 4.40. The van der Waals surface area contributed by atoms with Crippen molar-refractivity contribution in [3.63, 3.8) is 0 Å². The fourth-order valence-electron chi connectivity index (χ4n) is 7.32. The molecule has 8 rings (SSSR count). The molecule has 59 heavy (non-hydrogen) atoms. The van der Waals surface area contributed by atoms with Crippen LogP contribution in [0.15, 0.2) is 131 Å². The number of nitro groups is 1. The van der Waals surface area contributed by atoms with Crippen molar-refractivity contribution < 1.29 is 13.3 Å². The molecule has 1 saturated carbocycles. The largest absolute Gasteiger partial charge is 0.376 e. The number of piperazine rings is 1. The summed E-state index contributed by atoms with van der Waals surface area (Å²) in [4.78, 5) is 26.1. The number of anilines is 3. The minimum Gasteiger partial charge on any atom is -0.376 e. The molecule has 0 spiro atoms. The second kappa shape index (κ2) is 18.3. The summed E-state index contributed by atoms with van der Waals surface area (Å²) in [7, 11) is -4.26. The molecular formula is C44H45ClN8O4S2. The summed E-state index contributed by atoms with van der Waals surface area (Å²) in [6.45, 7) is 4.96. The molecule has 0 bridgehead atoms. The number of rotatable bonds is 17. The minimum atomic E-state index is -4.26. The molecule has 0 amide bonds. The van der Waals surface area contributed by atoms with Gasteiger partial charge in [0.05, 0.1) is 15.3 Å². The molecule has 1 saturated heterocycles. The van der Waals surface area contributed by atoms with Crippen molar-refractivity contribution in [2.45, 2.75) is 47.7 Å². The fraction of sp³-hybridized carbons (Fsp3) is 0.273. The maximum absolute atomic E-state index is 13.8. The molecule has 3 N–H and O–H groups in total. The Kier molecular flexibility index (Phi) is 12.6. The Bertz CT molecular complexity index is 2520. The van der Waals surface area contributed by atoms with Crippen molar-refractivity contribution in [1.29, 1.82) is 0 Å². The average Bonchev–Trinajstić information content (AvgIpc) is 4.08. The molecule has 304 valence electrons. The highest BCUT2D eigenvalue weighted by Crippen LogP contribution is 2.33. The summed E-state index contributed by atoms with van der Waals surface area (Å²) in [6, 6.07) is 36.5. The monoisotopic (exact) mass is 848 g/mol. The van der Waals surface area contributed by atoms with Gasteiger partial charge in [0.2, 0.25) is 0 Å². The van der Waals surface area contributed by atoms with Crippen LogP contribution in [0.3, 0.4) is 0 Å². The quantitative estimate of drug-likeness (QED) is 0.0461. The Balaban J connectivity index is 0.930. The molecule has 2 aliphatic rings. The van der Waals surface area contributed by atoms with Crippen LogP contribution in [-0.4, -0.2) is 78.8 Å². The van der Waals surface area contributed by atoms with E-state index in [-0.39, 0.29) is 28.1 Å². The van der Waals surface area contributed by atoms with Crippen molar-refractivity contribution in [1.82, 2.24) is 20.2 Å². The first-order chi connectivity index (χ1) is 28.7. The number of sulfonamides is 1. The molecule has 2 heterocycles. The van der Waals surface area contributed by atoms with Crippen LogP contribution in [-0.2, 0) is 16.6 Å². The van der Waals surface area contributed by atoms with Gasteiger partial charge < -0.3 is 15.5 Å². The molecule has 15 heteroatoms. The Morgan fingerprint density at radius 2 is 1.64 bits per heavy atom. The zero-order valence-corrected chi connectivity index (χ0v) is 34.7. The lowest BCUT2D eigenvalue weighted by molar-refractivity contribution is -0.384. The second-order valence-corrected chi connectivity index (χ2v) is 18.1. The van der Waals surface area contributed by atoms with Gasteiger partial charge in [-0.15, -0.1) is 11.8 Å². The molecule has 1 aliphatic heterocycles. The molecule has 2 fully saturated rings. The normalized spacial score (nSPS) is 15.2. The van der Waals surface area contributed by atoms with Crippen molar-refractivity contribution >= 4 is 67.2 Å². The van der Waals surface area contributed by atoms with Gasteiger partial charge in [-0.3, -0.25) is 19.7 Å². The zero-order valence-electron chi connectivity index (χ0n) is 32.3. The van der Waals surface area contributed by atoms with Gasteiger partial charge in [0.1, 0.15) is 12.0 Å². The number of hydrogen-bond acceptors (Lipinski definition) is 11. The Hall–Kier alpha value is -5.25. The molecule has 0 radical (unpaired) electrons. The number of aromatic nitrogens is 2. The summed E-state index contributed by atoms with van der Waals surface area (Å²) in [5.41, 5.74) is 5.11. The van der Waals surface area contributed by atoms with Gasteiger partial charge in [0, 0.05) is 77.6 Å². The van der Waals surface area contributed by atoms with Gasteiger partial charge in [-0.05, 0) is 97.1 Å². The van der Waals surface area contributed by atoms with E-state index in [4.69, 9.17) is 11.6 Å². The summed E-state index contributed by atoms with van der Waals surface area (Å²) in [5.74, 6) is 0.769. The van der Waals surface area contributed by atoms with E-state index in [1.54, 1.807) is 11.8 Å². The predicted molar refractivity (Wildman–Crippen MR) is 238 cm³/mol. The standard InChI is InChI=1S/C44H45ClN8O4S2/c45-33-12-10-31(11-13-33)39-9-5-4-6-32(39)28-51-22-24-52(25-23-51)36-16-18-40-42(26-36)47-30-48-44(40)50-59(56,57)38-17-19-41(43(27-38)53(54)55)49-35(20-21-46-34-14-15-34)29-58-37-7-2-1-3-8-37/h1-13,16-19,26-27,30,34-35,46,49H,14-15,20-25,28-29H2,(H,47,48,50)/t35-/m1/s1. The molecule has 1 aromatic heterocycles. The second-order valence-electron chi connectivity index (χ2n) is 14.9. The van der Waals surface area contributed by atoms with E-state index in [1.807, 2.05) is 60.7 Å². The Labute approximate surface area is 353 Å². The lowest BCUT2D eigenvalue weighted by atomic mass is 9.99. The number of halogens is 1. The highest BCUT2D eigenvalue weighted by Gasteiger charge is 2.26. The van der Waals surface area contributed by atoms with Crippen molar-refractivity contribution in [3.8, 4) is 11.1 Å². The van der Waals surface area contributed by atoms with E-state index in [0.29, 0.717) is 27.7 Å². The number of thioether (sulfide) groups is 1. The number of nitro benzene ring substituents is 1. The van der Waals surface area contributed by atoms with E-state index >= 15 is 0 Å². The van der Waals surface area contributed by atoms with Crippen LogP contribution in [0.1, 0.15) is 24.8 Å². The Morgan fingerprint density at radius 3 is 2.41 bits per heavy atom.